The number of amides is 1. The third-order valence-corrected chi connectivity index (χ3v) is 13.2. The zero-order valence-electron chi connectivity index (χ0n) is 22.3. The van der Waals surface area contributed by atoms with E-state index in [-0.39, 0.29) is 0 Å². The second kappa shape index (κ2) is 11.5. The first-order valence-electron chi connectivity index (χ1n) is 12.5. The molecular formula is C30H36N2O3Si. The Morgan fingerprint density at radius 2 is 1.53 bits per heavy atom. The smallest absolute Gasteiger partial charge is 0.303 e. The van der Waals surface area contributed by atoms with Crippen LogP contribution in [0, 0.1) is 11.5 Å². The molecule has 1 amide bonds. The van der Waals surface area contributed by atoms with Crippen molar-refractivity contribution in [3.05, 3.63) is 71.9 Å². The molecule has 6 heteroatoms. The summed E-state index contributed by atoms with van der Waals surface area (Å²) in [7, 11) is -2.00. The fourth-order valence-corrected chi connectivity index (χ4v) is 10.5. The van der Waals surface area contributed by atoms with Crippen LogP contribution in [0.3, 0.4) is 0 Å². The molecule has 0 radical (unpaired) electrons. The number of para-hydroxylation sites is 1. The predicted molar refractivity (Wildman–Crippen MR) is 149 cm³/mol. The molecule has 0 fully saturated rings. The van der Waals surface area contributed by atoms with Gasteiger partial charge < -0.3 is 10.1 Å². The van der Waals surface area contributed by atoms with Crippen LogP contribution in [0.5, 0.6) is 0 Å². The molecule has 0 bridgehead atoms. The van der Waals surface area contributed by atoms with Crippen LogP contribution < -0.4 is 5.32 Å². The molecule has 5 nitrogen and oxygen atoms in total. The lowest BCUT2D eigenvalue weighted by atomic mass is 10.0. The molecule has 1 unspecified atom stereocenters. The van der Waals surface area contributed by atoms with Crippen LogP contribution in [0.2, 0.25) is 16.6 Å². The number of hydrogen-bond donors (Lipinski definition) is 1. The fraction of sp³-hybridized carbons (Fsp3) is 0.367. The number of anilines is 1. The zero-order valence-corrected chi connectivity index (χ0v) is 23.3. The highest BCUT2D eigenvalue weighted by atomic mass is 28.3. The number of nitrogens with one attached hydrogen (secondary N) is 1. The number of esters is 1. The molecule has 1 N–H and O–H groups in total. The number of fused-ring (bicyclic) bond motifs is 1. The third kappa shape index (κ3) is 5.68. The Morgan fingerprint density at radius 1 is 0.889 bits per heavy atom. The highest BCUT2D eigenvalue weighted by Crippen LogP contribution is 2.41. The highest BCUT2D eigenvalue weighted by molar-refractivity contribution is 6.90. The van der Waals surface area contributed by atoms with Gasteiger partial charge in [0.1, 0.15) is 8.07 Å². The van der Waals surface area contributed by atoms with E-state index in [4.69, 9.17) is 4.74 Å². The van der Waals surface area contributed by atoms with E-state index in [1.165, 1.54) is 6.92 Å². The molecule has 1 atom stereocenters. The number of ether oxygens (including phenoxy) is 1. The van der Waals surface area contributed by atoms with Gasteiger partial charge >= 0.3 is 5.97 Å². The van der Waals surface area contributed by atoms with Crippen molar-refractivity contribution in [2.45, 2.75) is 71.2 Å². The number of carbonyl (C=O) groups excluding carboxylic acids is 2. The summed E-state index contributed by atoms with van der Waals surface area (Å²) in [6.45, 7) is 14.9. The van der Waals surface area contributed by atoms with Gasteiger partial charge in [-0.3, -0.25) is 14.6 Å². The maximum atomic E-state index is 13.5. The average Bonchev–Trinajstić information content (AvgIpc) is 2.82. The van der Waals surface area contributed by atoms with Crippen LogP contribution in [0.4, 0.5) is 5.69 Å². The van der Waals surface area contributed by atoms with Crippen LogP contribution in [0.25, 0.3) is 10.9 Å². The van der Waals surface area contributed by atoms with Gasteiger partial charge in [-0.05, 0) is 34.8 Å². The van der Waals surface area contributed by atoms with Gasteiger partial charge in [0.25, 0.3) is 5.91 Å². The highest BCUT2D eigenvalue weighted by Gasteiger charge is 2.41. The molecular weight excluding hydrogens is 464 g/mol. The molecule has 0 saturated heterocycles. The summed E-state index contributed by atoms with van der Waals surface area (Å²) in [4.78, 5) is 30.0. The summed E-state index contributed by atoms with van der Waals surface area (Å²) in [6, 6.07) is 16.8. The normalized spacial score (nSPS) is 12.4. The Morgan fingerprint density at radius 3 is 2.17 bits per heavy atom. The molecule has 36 heavy (non-hydrogen) atoms. The van der Waals surface area contributed by atoms with Gasteiger partial charge in [0.15, 0.2) is 0 Å². The Labute approximate surface area is 215 Å². The third-order valence-electron chi connectivity index (χ3n) is 6.94. The van der Waals surface area contributed by atoms with Crippen molar-refractivity contribution in [1.29, 1.82) is 0 Å². The SMILES string of the molecule is CC(=O)OC(C(=O)Nc1cccc2cccnc12)c1ccccc1C#C[Si](C(C)C)(C(C)C)C(C)C. The monoisotopic (exact) mass is 500 g/mol. The van der Waals surface area contributed by atoms with Gasteiger partial charge in [-0.2, -0.15) is 0 Å². The lowest BCUT2D eigenvalue weighted by Crippen LogP contribution is -2.43. The van der Waals surface area contributed by atoms with Crippen molar-refractivity contribution < 1.29 is 14.3 Å². The van der Waals surface area contributed by atoms with Gasteiger partial charge in [-0.25, -0.2) is 0 Å². The van der Waals surface area contributed by atoms with Crippen LogP contribution in [0.15, 0.2) is 60.8 Å². The van der Waals surface area contributed by atoms with E-state index in [1.807, 2.05) is 48.5 Å². The summed E-state index contributed by atoms with van der Waals surface area (Å²) < 4.78 is 5.57. The Bertz CT molecular complexity index is 1280. The molecule has 1 aromatic heterocycles. The first-order valence-corrected chi connectivity index (χ1v) is 14.7. The summed E-state index contributed by atoms with van der Waals surface area (Å²) in [5.41, 5.74) is 7.65. The topological polar surface area (TPSA) is 68.3 Å². The Kier molecular flexibility index (Phi) is 8.70. The van der Waals surface area contributed by atoms with Crippen molar-refractivity contribution in [1.82, 2.24) is 4.98 Å². The van der Waals surface area contributed by atoms with Gasteiger partial charge in [-0.1, -0.05) is 83.9 Å². The van der Waals surface area contributed by atoms with Crippen molar-refractivity contribution in [2.24, 2.45) is 0 Å². The molecule has 3 rings (SSSR count). The molecule has 0 aliphatic rings. The van der Waals surface area contributed by atoms with Crippen molar-refractivity contribution in [2.75, 3.05) is 5.32 Å². The molecule has 3 aromatic rings. The van der Waals surface area contributed by atoms with Crippen molar-refractivity contribution >= 4 is 36.5 Å². The van der Waals surface area contributed by atoms with E-state index in [1.54, 1.807) is 12.3 Å². The van der Waals surface area contributed by atoms with E-state index in [0.717, 1.165) is 5.39 Å². The van der Waals surface area contributed by atoms with E-state index in [9.17, 15) is 9.59 Å². The fourth-order valence-electron chi connectivity index (χ4n) is 5.28. The van der Waals surface area contributed by atoms with E-state index < -0.39 is 26.1 Å². The van der Waals surface area contributed by atoms with Crippen LogP contribution in [-0.4, -0.2) is 24.9 Å². The summed E-state index contributed by atoms with van der Waals surface area (Å²) in [6.07, 6.45) is 0.543. The van der Waals surface area contributed by atoms with Crippen LogP contribution in [-0.2, 0) is 14.3 Å². The Hall–Kier alpha value is -3.43. The maximum Gasteiger partial charge on any atom is 0.303 e. The predicted octanol–water partition coefficient (Wildman–Crippen LogP) is 7.05. The number of aromatic nitrogens is 1. The number of pyridine rings is 1. The largest absolute Gasteiger partial charge is 0.447 e. The summed E-state index contributed by atoms with van der Waals surface area (Å²) in [5.74, 6) is 2.44. The second-order valence-corrected chi connectivity index (χ2v) is 15.7. The van der Waals surface area contributed by atoms with Gasteiger partial charge in [0, 0.05) is 29.6 Å². The van der Waals surface area contributed by atoms with Crippen molar-refractivity contribution in [3.8, 4) is 11.5 Å². The maximum absolute atomic E-state index is 13.5. The Balaban J connectivity index is 2.06. The van der Waals surface area contributed by atoms with E-state index >= 15 is 0 Å². The van der Waals surface area contributed by atoms with Crippen LogP contribution in [0.1, 0.15) is 65.7 Å². The quantitative estimate of drug-likeness (QED) is 0.214. The minimum absolute atomic E-state index is 0.447. The molecule has 1 heterocycles. The summed E-state index contributed by atoms with van der Waals surface area (Å²) >= 11 is 0. The average molecular weight is 501 g/mol. The molecule has 0 aliphatic carbocycles. The van der Waals surface area contributed by atoms with E-state index in [0.29, 0.717) is 39.0 Å². The lowest BCUT2D eigenvalue weighted by molar-refractivity contribution is -0.152. The summed E-state index contributed by atoms with van der Waals surface area (Å²) in [5, 5.41) is 3.83. The standard InChI is InChI=1S/C30H36N2O3Si/c1-20(2)36(21(3)4,22(5)6)19-17-24-12-8-9-15-26(24)29(35-23(7)33)30(34)32-27-16-10-13-25-14-11-18-31-28(25)27/h8-16,18,20-22,29H,1-7H3,(H,32,34). The van der Waals surface area contributed by atoms with E-state index in [2.05, 4.69) is 63.3 Å². The number of nitrogens with zero attached hydrogens (tertiary/aromatic N) is 1. The minimum Gasteiger partial charge on any atom is -0.447 e. The van der Waals surface area contributed by atoms with Crippen LogP contribution >= 0.6 is 0 Å². The molecule has 0 saturated carbocycles. The number of benzene rings is 2. The minimum atomic E-state index is -2.00. The molecule has 0 spiro atoms. The lowest BCUT2D eigenvalue weighted by Gasteiger charge is -2.38. The van der Waals surface area contributed by atoms with Gasteiger partial charge in [-0.15, -0.1) is 5.54 Å². The number of hydrogen-bond acceptors (Lipinski definition) is 4. The molecule has 188 valence electrons. The first kappa shape index (κ1) is 27.2. The second-order valence-electron chi connectivity index (χ2n) is 10.1. The number of rotatable bonds is 7. The van der Waals surface area contributed by atoms with Gasteiger partial charge in [0.05, 0.1) is 11.2 Å². The first-order chi connectivity index (χ1) is 17.1. The molecule has 2 aromatic carbocycles. The number of carbonyl (C=O) groups is 2. The van der Waals surface area contributed by atoms with Crippen molar-refractivity contribution in [3.63, 3.8) is 0 Å². The zero-order chi connectivity index (χ0) is 26.5. The molecule has 0 aliphatic heterocycles. The van der Waals surface area contributed by atoms with Gasteiger partial charge in [0.2, 0.25) is 6.10 Å².